The molecular weight excluding hydrogens is 176 g/mol. The Morgan fingerprint density at radius 3 is 3.14 bits per heavy atom. The van der Waals surface area contributed by atoms with Gasteiger partial charge >= 0.3 is 0 Å². The normalized spacial score (nSPS) is 31.3. The summed E-state index contributed by atoms with van der Waals surface area (Å²) in [7, 11) is 0. The summed E-state index contributed by atoms with van der Waals surface area (Å²) < 4.78 is 0. The molecule has 0 bridgehead atoms. The van der Waals surface area contributed by atoms with Gasteiger partial charge in [-0.3, -0.25) is 4.79 Å². The van der Waals surface area contributed by atoms with Crippen LogP contribution < -0.4 is 5.32 Å². The Bertz CT molecular complexity index is 225. The molecule has 2 aliphatic heterocycles. The maximum Gasteiger partial charge on any atom is 0.226 e. The third-order valence-electron chi connectivity index (χ3n) is 3.27. The zero-order valence-corrected chi connectivity index (χ0v) is 8.54. The van der Waals surface area contributed by atoms with Crippen molar-refractivity contribution in [1.82, 2.24) is 10.2 Å². The molecule has 0 saturated carbocycles. The molecule has 2 atom stereocenters. The van der Waals surface area contributed by atoms with Gasteiger partial charge in [-0.1, -0.05) is 6.08 Å². The molecule has 3 nitrogen and oxygen atoms in total. The summed E-state index contributed by atoms with van der Waals surface area (Å²) in [4.78, 5) is 13.6. The number of nitrogens with one attached hydrogen (secondary N) is 1. The van der Waals surface area contributed by atoms with E-state index in [9.17, 15) is 4.79 Å². The summed E-state index contributed by atoms with van der Waals surface area (Å²) >= 11 is 0. The summed E-state index contributed by atoms with van der Waals surface area (Å²) in [6.07, 6.45) is 4.71. The van der Waals surface area contributed by atoms with Gasteiger partial charge in [0.2, 0.25) is 5.91 Å². The summed E-state index contributed by atoms with van der Waals surface area (Å²) in [5.41, 5.74) is 0. The van der Waals surface area contributed by atoms with E-state index in [1.807, 2.05) is 4.90 Å². The van der Waals surface area contributed by atoms with Crippen molar-refractivity contribution in [3.63, 3.8) is 0 Å². The quantitative estimate of drug-likeness (QED) is 0.659. The molecule has 14 heavy (non-hydrogen) atoms. The van der Waals surface area contributed by atoms with Crippen LogP contribution in [0.1, 0.15) is 19.3 Å². The van der Waals surface area contributed by atoms with Crippen molar-refractivity contribution in [2.45, 2.75) is 25.3 Å². The van der Waals surface area contributed by atoms with Crippen LogP contribution in [0.2, 0.25) is 0 Å². The van der Waals surface area contributed by atoms with Crippen LogP contribution in [-0.4, -0.2) is 36.5 Å². The third kappa shape index (κ3) is 1.82. The van der Waals surface area contributed by atoms with Gasteiger partial charge in [0.1, 0.15) is 0 Å². The highest BCUT2D eigenvalue weighted by Crippen LogP contribution is 2.25. The molecular formula is C11H18N2O. The predicted molar refractivity (Wildman–Crippen MR) is 55.9 cm³/mol. The molecule has 1 amide bonds. The van der Waals surface area contributed by atoms with Crippen LogP contribution in [0.25, 0.3) is 0 Å². The summed E-state index contributed by atoms with van der Waals surface area (Å²) in [6.45, 7) is 6.56. The Kier molecular flexibility index (Phi) is 2.87. The number of likely N-dealkylation sites (tertiary alicyclic amines) is 1. The number of amides is 1. The molecule has 0 aromatic rings. The standard InChI is InChI=1S/C11H18N2O/c1-2-4-11(14)13-7-9-5-3-6-12-10(9)8-13/h2,9-10,12H,1,3-8H2. The van der Waals surface area contributed by atoms with Gasteiger partial charge in [-0.15, -0.1) is 6.58 Å². The zero-order valence-electron chi connectivity index (χ0n) is 8.54. The molecule has 2 heterocycles. The second-order valence-electron chi connectivity index (χ2n) is 4.25. The smallest absolute Gasteiger partial charge is 0.226 e. The lowest BCUT2D eigenvalue weighted by molar-refractivity contribution is -0.129. The molecule has 0 spiro atoms. The first kappa shape index (κ1) is 9.71. The monoisotopic (exact) mass is 194 g/mol. The molecule has 2 fully saturated rings. The van der Waals surface area contributed by atoms with Gasteiger partial charge in [0.05, 0.1) is 0 Å². The molecule has 0 aromatic carbocycles. The highest BCUT2D eigenvalue weighted by Gasteiger charge is 2.35. The average Bonchev–Trinajstić information content (AvgIpc) is 2.61. The van der Waals surface area contributed by atoms with Crippen LogP contribution in [0.5, 0.6) is 0 Å². The number of fused-ring (bicyclic) bond motifs is 1. The highest BCUT2D eigenvalue weighted by molar-refractivity contribution is 5.78. The second-order valence-corrected chi connectivity index (χ2v) is 4.25. The summed E-state index contributed by atoms with van der Waals surface area (Å²) in [6, 6.07) is 0.553. The van der Waals surface area contributed by atoms with Crippen LogP contribution in [-0.2, 0) is 4.79 Å². The molecule has 2 rings (SSSR count). The molecule has 0 aromatic heterocycles. The van der Waals surface area contributed by atoms with Gasteiger partial charge < -0.3 is 10.2 Å². The molecule has 0 radical (unpaired) electrons. The van der Waals surface area contributed by atoms with Crippen molar-refractivity contribution < 1.29 is 4.79 Å². The summed E-state index contributed by atoms with van der Waals surface area (Å²) in [5.74, 6) is 0.925. The third-order valence-corrected chi connectivity index (χ3v) is 3.27. The summed E-state index contributed by atoms with van der Waals surface area (Å²) in [5, 5.41) is 3.49. The van der Waals surface area contributed by atoms with Crippen molar-refractivity contribution in [1.29, 1.82) is 0 Å². The topological polar surface area (TPSA) is 32.3 Å². The van der Waals surface area contributed by atoms with Gasteiger partial charge in [0.15, 0.2) is 0 Å². The lowest BCUT2D eigenvalue weighted by atomic mass is 9.94. The van der Waals surface area contributed by atoms with Crippen LogP contribution in [0.4, 0.5) is 0 Å². The van der Waals surface area contributed by atoms with Gasteiger partial charge in [0, 0.05) is 25.6 Å². The van der Waals surface area contributed by atoms with E-state index in [4.69, 9.17) is 0 Å². The van der Waals surface area contributed by atoms with Crippen LogP contribution in [0.3, 0.4) is 0 Å². The van der Waals surface area contributed by atoms with Gasteiger partial charge in [-0.2, -0.15) is 0 Å². The van der Waals surface area contributed by atoms with E-state index in [1.54, 1.807) is 6.08 Å². The van der Waals surface area contributed by atoms with E-state index in [0.29, 0.717) is 18.4 Å². The maximum atomic E-state index is 11.6. The fraction of sp³-hybridized carbons (Fsp3) is 0.727. The van der Waals surface area contributed by atoms with E-state index in [1.165, 1.54) is 12.8 Å². The van der Waals surface area contributed by atoms with Gasteiger partial charge in [-0.05, 0) is 25.3 Å². The Labute approximate surface area is 85.2 Å². The Morgan fingerprint density at radius 1 is 1.57 bits per heavy atom. The fourth-order valence-corrected chi connectivity index (χ4v) is 2.50. The first-order chi connectivity index (χ1) is 6.81. The van der Waals surface area contributed by atoms with Crippen LogP contribution in [0.15, 0.2) is 12.7 Å². The lowest BCUT2D eigenvalue weighted by Crippen LogP contribution is -2.41. The highest BCUT2D eigenvalue weighted by atomic mass is 16.2. The predicted octanol–water partition coefficient (Wildman–Crippen LogP) is 0.773. The van der Waals surface area contributed by atoms with E-state index in [0.717, 1.165) is 19.6 Å². The molecule has 2 aliphatic rings. The number of rotatable bonds is 2. The molecule has 1 N–H and O–H groups in total. The SMILES string of the molecule is C=CCC(=O)N1CC2CCCNC2C1. The number of hydrogen-bond acceptors (Lipinski definition) is 2. The van der Waals surface area contributed by atoms with E-state index in [-0.39, 0.29) is 5.91 Å². The molecule has 0 aliphatic carbocycles. The number of carbonyl (C=O) groups is 1. The Balaban J connectivity index is 1.92. The first-order valence-corrected chi connectivity index (χ1v) is 5.43. The molecule has 78 valence electrons. The first-order valence-electron chi connectivity index (χ1n) is 5.43. The molecule has 3 heteroatoms. The van der Waals surface area contributed by atoms with Crippen molar-refractivity contribution in [3.05, 3.63) is 12.7 Å². The second kappa shape index (κ2) is 4.13. The van der Waals surface area contributed by atoms with E-state index >= 15 is 0 Å². The van der Waals surface area contributed by atoms with Crippen LogP contribution >= 0.6 is 0 Å². The van der Waals surface area contributed by atoms with Crippen molar-refractivity contribution in [2.75, 3.05) is 19.6 Å². The molecule has 2 saturated heterocycles. The minimum Gasteiger partial charge on any atom is -0.341 e. The van der Waals surface area contributed by atoms with E-state index in [2.05, 4.69) is 11.9 Å². The number of carbonyl (C=O) groups excluding carboxylic acids is 1. The van der Waals surface area contributed by atoms with Crippen molar-refractivity contribution in [3.8, 4) is 0 Å². The average molecular weight is 194 g/mol. The largest absolute Gasteiger partial charge is 0.341 e. The minimum absolute atomic E-state index is 0.233. The van der Waals surface area contributed by atoms with Gasteiger partial charge in [-0.25, -0.2) is 0 Å². The number of hydrogen-bond donors (Lipinski definition) is 1. The van der Waals surface area contributed by atoms with Crippen molar-refractivity contribution >= 4 is 5.91 Å². The fourth-order valence-electron chi connectivity index (χ4n) is 2.50. The zero-order chi connectivity index (χ0) is 9.97. The Hall–Kier alpha value is -0.830. The molecule has 2 unspecified atom stereocenters. The number of piperidine rings is 1. The van der Waals surface area contributed by atoms with Crippen molar-refractivity contribution in [2.24, 2.45) is 5.92 Å². The van der Waals surface area contributed by atoms with Gasteiger partial charge in [0.25, 0.3) is 0 Å². The van der Waals surface area contributed by atoms with Crippen LogP contribution in [0, 0.1) is 5.92 Å². The Morgan fingerprint density at radius 2 is 2.43 bits per heavy atom. The van der Waals surface area contributed by atoms with E-state index < -0.39 is 0 Å². The maximum absolute atomic E-state index is 11.6. The minimum atomic E-state index is 0.233. The number of nitrogens with zero attached hydrogens (tertiary/aromatic N) is 1. The lowest BCUT2D eigenvalue weighted by Gasteiger charge is -2.24.